The molecule has 25 heavy (non-hydrogen) atoms. The van der Waals surface area contributed by atoms with Gasteiger partial charge in [0, 0.05) is 38.3 Å². The first-order valence-corrected chi connectivity index (χ1v) is 8.81. The maximum absolute atomic E-state index is 12.9. The molecule has 7 heteroatoms. The molecule has 4 rings (SSSR count). The van der Waals surface area contributed by atoms with Crippen molar-refractivity contribution in [2.75, 3.05) is 19.0 Å². The van der Waals surface area contributed by atoms with Gasteiger partial charge in [-0.1, -0.05) is 0 Å². The number of anilines is 1. The molecular weight excluding hydrogens is 318 g/mol. The Balaban J connectivity index is 1.52. The molecule has 0 radical (unpaired) electrons. The number of nitrogens with one attached hydrogen (secondary N) is 1. The molecule has 0 aromatic carbocycles. The molecule has 2 aromatic heterocycles. The number of aromatic nitrogens is 3. The highest BCUT2D eigenvalue weighted by Gasteiger charge is 2.41. The Morgan fingerprint density at radius 2 is 2.16 bits per heavy atom. The summed E-state index contributed by atoms with van der Waals surface area (Å²) in [6.07, 6.45) is 9.68. The summed E-state index contributed by atoms with van der Waals surface area (Å²) in [6, 6.07) is 5.71. The lowest BCUT2D eigenvalue weighted by atomic mass is 9.96. The number of hydrogen-bond acceptors (Lipinski definition) is 4. The van der Waals surface area contributed by atoms with Gasteiger partial charge in [-0.3, -0.25) is 0 Å². The number of amides is 2. The third-order valence-electron chi connectivity index (χ3n) is 5.11. The number of piperidine rings is 1. The van der Waals surface area contributed by atoms with Gasteiger partial charge >= 0.3 is 6.03 Å². The fourth-order valence-electron chi connectivity index (χ4n) is 3.62. The van der Waals surface area contributed by atoms with Crippen LogP contribution >= 0.6 is 0 Å². The fraction of sp³-hybridized carbons (Fsp3) is 0.500. The minimum absolute atomic E-state index is 0.0622. The van der Waals surface area contributed by atoms with Crippen molar-refractivity contribution in [3.05, 3.63) is 36.8 Å². The van der Waals surface area contributed by atoms with Gasteiger partial charge in [-0.05, 0) is 49.8 Å². The summed E-state index contributed by atoms with van der Waals surface area (Å²) < 4.78 is 7.19. The minimum Gasteiger partial charge on any atom is -0.381 e. The lowest BCUT2D eigenvalue weighted by Gasteiger charge is -2.39. The summed E-state index contributed by atoms with van der Waals surface area (Å²) in [5.41, 5.74) is 0.666. The molecule has 2 aromatic rings. The van der Waals surface area contributed by atoms with Crippen molar-refractivity contribution >= 4 is 11.7 Å². The van der Waals surface area contributed by atoms with Crippen molar-refractivity contribution in [3.8, 4) is 5.82 Å². The number of rotatable bonds is 4. The molecule has 1 N–H and O–H groups in total. The monoisotopic (exact) mass is 341 g/mol. The highest BCUT2D eigenvalue weighted by molar-refractivity contribution is 5.91. The zero-order chi connectivity index (χ0) is 17.2. The number of ether oxygens (including phenoxy) is 1. The Bertz CT molecular complexity index is 729. The van der Waals surface area contributed by atoms with Gasteiger partial charge in [-0.2, -0.15) is 5.10 Å². The molecule has 3 heterocycles. The molecule has 1 saturated heterocycles. The van der Waals surface area contributed by atoms with E-state index in [-0.39, 0.29) is 18.2 Å². The van der Waals surface area contributed by atoms with Crippen LogP contribution in [0.5, 0.6) is 0 Å². The van der Waals surface area contributed by atoms with E-state index >= 15 is 0 Å². The molecule has 0 bridgehead atoms. The summed E-state index contributed by atoms with van der Waals surface area (Å²) >= 11 is 0. The van der Waals surface area contributed by atoms with Crippen molar-refractivity contribution in [2.45, 2.75) is 37.8 Å². The van der Waals surface area contributed by atoms with Crippen LogP contribution in [0.4, 0.5) is 10.5 Å². The number of urea groups is 1. The van der Waals surface area contributed by atoms with Crippen LogP contribution < -0.4 is 5.32 Å². The van der Waals surface area contributed by atoms with Gasteiger partial charge < -0.3 is 15.0 Å². The van der Waals surface area contributed by atoms with Crippen LogP contribution in [0.15, 0.2) is 36.8 Å². The predicted molar refractivity (Wildman–Crippen MR) is 93.6 cm³/mol. The Hall–Kier alpha value is -2.41. The van der Waals surface area contributed by atoms with E-state index in [9.17, 15) is 4.79 Å². The number of pyridine rings is 1. The Morgan fingerprint density at radius 1 is 1.28 bits per heavy atom. The van der Waals surface area contributed by atoms with E-state index in [0.29, 0.717) is 17.4 Å². The topological polar surface area (TPSA) is 72.3 Å². The third kappa shape index (κ3) is 3.37. The molecule has 2 amide bonds. The Morgan fingerprint density at radius 3 is 2.88 bits per heavy atom. The lowest BCUT2D eigenvalue weighted by molar-refractivity contribution is 0.0216. The minimum atomic E-state index is -0.0622. The first-order valence-electron chi connectivity index (χ1n) is 8.81. The zero-order valence-corrected chi connectivity index (χ0v) is 14.3. The molecule has 132 valence electrons. The van der Waals surface area contributed by atoms with Crippen LogP contribution in [0.3, 0.4) is 0 Å². The summed E-state index contributed by atoms with van der Waals surface area (Å²) in [4.78, 5) is 19.3. The van der Waals surface area contributed by atoms with E-state index in [4.69, 9.17) is 4.74 Å². The van der Waals surface area contributed by atoms with Gasteiger partial charge in [0.2, 0.25) is 0 Å². The molecule has 2 aliphatic rings. The highest BCUT2D eigenvalue weighted by atomic mass is 16.5. The van der Waals surface area contributed by atoms with Crippen molar-refractivity contribution < 1.29 is 9.53 Å². The van der Waals surface area contributed by atoms with E-state index < -0.39 is 0 Å². The average Bonchev–Trinajstić information content (AvgIpc) is 3.36. The average molecular weight is 341 g/mol. The van der Waals surface area contributed by atoms with Gasteiger partial charge in [0.15, 0.2) is 5.82 Å². The van der Waals surface area contributed by atoms with E-state index in [0.717, 1.165) is 19.4 Å². The van der Waals surface area contributed by atoms with Crippen LogP contribution in [0.2, 0.25) is 0 Å². The number of likely N-dealkylation sites (tertiary alicyclic amines) is 1. The molecule has 1 aliphatic carbocycles. The zero-order valence-electron chi connectivity index (χ0n) is 14.3. The summed E-state index contributed by atoms with van der Waals surface area (Å²) in [5.74, 6) is 1.23. The van der Waals surface area contributed by atoms with Crippen LogP contribution in [0.25, 0.3) is 5.82 Å². The normalized spacial score (nSPS) is 23.5. The van der Waals surface area contributed by atoms with E-state index in [1.165, 1.54) is 12.8 Å². The molecule has 2 fully saturated rings. The largest absolute Gasteiger partial charge is 0.381 e. The van der Waals surface area contributed by atoms with E-state index in [1.54, 1.807) is 24.2 Å². The van der Waals surface area contributed by atoms with Crippen molar-refractivity contribution in [3.63, 3.8) is 0 Å². The summed E-state index contributed by atoms with van der Waals surface area (Å²) in [6.45, 7) is 0.725. The van der Waals surface area contributed by atoms with Crippen molar-refractivity contribution in [1.29, 1.82) is 0 Å². The lowest BCUT2D eigenvalue weighted by Crippen LogP contribution is -2.50. The second-order valence-electron chi connectivity index (χ2n) is 6.74. The molecular formula is C18H23N5O2. The standard InChI is InChI=1S/C18H23N5O2/c1-25-14-7-11-22(16(12-14)13-5-6-13)18(24)21-15-4-2-8-19-17(15)23-10-3-9-20-23/h2-4,8-10,13-14,16H,5-7,11-12H2,1H3,(H,21,24). The number of methoxy groups -OCH3 is 1. The first-order chi connectivity index (χ1) is 12.3. The maximum Gasteiger partial charge on any atom is 0.322 e. The predicted octanol–water partition coefficient (Wildman–Crippen LogP) is 2.69. The van der Waals surface area contributed by atoms with Gasteiger partial charge in [-0.15, -0.1) is 0 Å². The molecule has 2 atom stereocenters. The van der Waals surface area contributed by atoms with Gasteiger partial charge in [0.1, 0.15) is 0 Å². The number of hydrogen-bond donors (Lipinski definition) is 1. The Kier molecular flexibility index (Phi) is 4.40. The third-order valence-corrected chi connectivity index (χ3v) is 5.11. The number of nitrogens with zero attached hydrogens (tertiary/aromatic N) is 4. The second kappa shape index (κ2) is 6.84. The second-order valence-corrected chi connectivity index (χ2v) is 6.74. The smallest absolute Gasteiger partial charge is 0.322 e. The van der Waals surface area contributed by atoms with Crippen LogP contribution in [-0.2, 0) is 4.74 Å². The SMILES string of the molecule is COC1CCN(C(=O)Nc2cccnc2-n2cccn2)C(C2CC2)C1. The molecule has 1 saturated carbocycles. The number of carbonyl (C=O) groups is 1. The Labute approximate surface area is 147 Å². The van der Waals surface area contributed by atoms with Crippen LogP contribution in [0, 0.1) is 5.92 Å². The quantitative estimate of drug-likeness (QED) is 0.928. The summed E-state index contributed by atoms with van der Waals surface area (Å²) in [5, 5.41) is 7.25. The molecule has 7 nitrogen and oxygen atoms in total. The molecule has 1 aliphatic heterocycles. The van der Waals surface area contributed by atoms with Crippen molar-refractivity contribution in [1.82, 2.24) is 19.7 Å². The van der Waals surface area contributed by atoms with Gasteiger partial charge in [0.25, 0.3) is 0 Å². The fourth-order valence-corrected chi connectivity index (χ4v) is 3.62. The van der Waals surface area contributed by atoms with E-state index in [1.807, 2.05) is 29.3 Å². The van der Waals surface area contributed by atoms with E-state index in [2.05, 4.69) is 15.4 Å². The van der Waals surface area contributed by atoms with Gasteiger partial charge in [0.05, 0.1) is 11.8 Å². The first kappa shape index (κ1) is 16.1. The van der Waals surface area contributed by atoms with Crippen molar-refractivity contribution in [2.24, 2.45) is 5.92 Å². The molecule has 2 unspecified atom stereocenters. The van der Waals surface area contributed by atoms with Crippen LogP contribution in [-0.4, -0.2) is 51.5 Å². The maximum atomic E-state index is 12.9. The van der Waals surface area contributed by atoms with Crippen LogP contribution in [0.1, 0.15) is 25.7 Å². The molecule has 0 spiro atoms. The highest BCUT2D eigenvalue weighted by Crippen LogP contribution is 2.40. The van der Waals surface area contributed by atoms with Gasteiger partial charge in [-0.25, -0.2) is 14.5 Å². The summed E-state index contributed by atoms with van der Waals surface area (Å²) in [7, 11) is 1.76. The number of carbonyl (C=O) groups excluding carboxylic acids is 1.